The third kappa shape index (κ3) is 5.16. The van der Waals surface area contributed by atoms with E-state index in [0.717, 1.165) is 5.56 Å². The summed E-state index contributed by atoms with van der Waals surface area (Å²) in [5.41, 5.74) is 17.2. The van der Waals surface area contributed by atoms with Crippen LogP contribution in [-0.2, 0) is 0 Å². The molecule has 7 nitrogen and oxygen atoms in total. The Hall–Kier alpha value is -2.26. The zero-order valence-electron chi connectivity index (χ0n) is 10.6. The molecule has 0 spiro atoms. The summed E-state index contributed by atoms with van der Waals surface area (Å²) in [5, 5.41) is 17.7. The molecule has 0 bridgehead atoms. The second-order valence-corrected chi connectivity index (χ2v) is 4.64. The maximum atomic E-state index is 10.1. The van der Waals surface area contributed by atoms with Crippen molar-refractivity contribution >= 4 is 47.1 Å². The smallest absolute Gasteiger partial charge is 0.184 e. The van der Waals surface area contributed by atoms with Crippen LogP contribution < -0.4 is 22.3 Å². The highest BCUT2D eigenvalue weighted by atomic mass is 32.1. The first-order valence-electron chi connectivity index (χ1n) is 5.40. The largest absolute Gasteiger partial charge is 0.507 e. The summed E-state index contributed by atoms with van der Waals surface area (Å²) in [7, 11) is 0. The molecule has 0 aliphatic rings. The number of nitrogens with one attached hydrogen (secondary N) is 2. The summed E-state index contributed by atoms with van der Waals surface area (Å²) >= 11 is 9.23. The van der Waals surface area contributed by atoms with Crippen molar-refractivity contribution in [1.82, 2.24) is 10.9 Å². The highest BCUT2D eigenvalue weighted by molar-refractivity contribution is 7.80. The molecule has 0 fully saturated rings. The Bertz CT molecular complexity index is 537. The average Bonchev–Trinajstić information content (AvgIpc) is 2.33. The van der Waals surface area contributed by atoms with E-state index in [9.17, 15) is 5.11 Å². The number of aryl methyl sites for hydroxylation is 1. The molecule has 0 aliphatic carbocycles. The van der Waals surface area contributed by atoms with Crippen LogP contribution in [0.3, 0.4) is 0 Å². The first-order chi connectivity index (χ1) is 9.40. The number of nitrogens with zero attached hydrogens (tertiary/aromatic N) is 2. The minimum atomic E-state index is 0.0116. The van der Waals surface area contributed by atoms with Gasteiger partial charge in [0.2, 0.25) is 0 Å². The topological polar surface area (TPSA) is 121 Å². The molecular weight excluding hydrogens is 296 g/mol. The van der Waals surface area contributed by atoms with Gasteiger partial charge in [0.05, 0.1) is 12.4 Å². The van der Waals surface area contributed by atoms with Gasteiger partial charge in [0.25, 0.3) is 0 Å². The maximum Gasteiger partial charge on any atom is 0.184 e. The molecule has 0 heterocycles. The monoisotopic (exact) mass is 310 g/mol. The Morgan fingerprint density at radius 2 is 1.50 bits per heavy atom. The summed E-state index contributed by atoms with van der Waals surface area (Å²) < 4.78 is 0. The number of phenolic OH excluding ortho intramolecular Hbond substituents is 1. The van der Waals surface area contributed by atoms with Crippen molar-refractivity contribution in [2.24, 2.45) is 21.7 Å². The van der Waals surface area contributed by atoms with Gasteiger partial charge in [0.15, 0.2) is 10.2 Å². The van der Waals surface area contributed by atoms with E-state index in [1.807, 2.05) is 6.92 Å². The fourth-order valence-corrected chi connectivity index (χ4v) is 1.47. The van der Waals surface area contributed by atoms with Crippen molar-refractivity contribution in [1.29, 1.82) is 0 Å². The van der Waals surface area contributed by atoms with Gasteiger partial charge in [-0.15, -0.1) is 0 Å². The lowest BCUT2D eigenvalue weighted by molar-refractivity contribution is 0.473. The van der Waals surface area contributed by atoms with Crippen LogP contribution >= 0.6 is 24.4 Å². The molecule has 0 radical (unpaired) electrons. The Morgan fingerprint density at radius 3 is 1.85 bits per heavy atom. The van der Waals surface area contributed by atoms with E-state index in [1.54, 1.807) is 12.1 Å². The number of hydrogen-bond donors (Lipinski definition) is 5. The minimum Gasteiger partial charge on any atom is -0.507 e. The Kier molecular flexibility index (Phi) is 5.81. The van der Waals surface area contributed by atoms with E-state index >= 15 is 0 Å². The van der Waals surface area contributed by atoms with Gasteiger partial charge in [-0.25, -0.2) is 0 Å². The molecule has 0 amide bonds. The zero-order valence-corrected chi connectivity index (χ0v) is 12.3. The predicted molar refractivity (Wildman–Crippen MR) is 87.9 cm³/mol. The number of rotatable bonds is 4. The zero-order chi connectivity index (χ0) is 15.1. The van der Waals surface area contributed by atoms with E-state index in [0.29, 0.717) is 11.1 Å². The minimum absolute atomic E-state index is 0.0116. The van der Waals surface area contributed by atoms with Crippen LogP contribution in [-0.4, -0.2) is 27.8 Å². The average molecular weight is 310 g/mol. The second kappa shape index (κ2) is 7.36. The van der Waals surface area contributed by atoms with Gasteiger partial charge in [-0.3, -0.25) is 10.9 Å². The summed E-state index contributed by atoms with van der Waals surface area (Å²) in [6.45, 7) is 1.87. The molecule has 1 aromatic rings. The molecule has 9 heteroatoms. The van der Waals surface area contributed by atoms with Crippen molar-refractivity contribution in [3.8, 4) is 5.75 Å². The first-order valence-corrected chi connectivity index (χ1v) is 6.22. The molecule has 0 aromatic heterocycles. The van der Waals surface area contributed by atoms with Crippen LogP contribution in [0.2, 0.25) is 0 Å². The first kappa shape index (κ1) is 15.8. The fourth-order valence-electron chi connectivity index (χ4n) is 1.36. The quantitative estimate of drug-likeness (QED) is 0.302. The number of hydrazone groups is 2. The Balaban J connectivity index is 3.00. The Morgan fingerprint density at radius 1 is 1.10 bits per heavy atom. The van der Waals surface area contributed by atoms with Crippen LogP contribution in [0.25, 0.3) is 0 Å². The number of nitrogens with two attached hydrogens (primary N) is 2. The van der Waals surface area contributed by atoms with Gasteiger partial charge < -0.3 is 16.6 Å². The molecule has 0 aliphatic heterocycles. The highest BCUT2D eigenvalue weighted by Gasteiger charge is 2.05. The summed E-state index contributed by atoms with van der Waals surface area (Å²) in [4.78, 5) is 0. The molecule has 20 heavy (non-hydrogen) atoms. The normalized spacial score (nSPS) is 10.8. The molecular formula is C11H14N6OS2. The van der Waals surface area contributed by atoms with Crippen LogP contribution in [0, 0.1) is 6.92 Å². The van der Waals surface area contributed by atoms with Crippen molar-refractivity contribution in [2.75, 3.05) is 0 Å². The Labute approximate surface area is 126 Å². The molecule has 1 aromatic carbocycles. The third-order valence-corrected chi connectivity index (χ3v) is 2.25. The van der Waals surface area contributed by atoms with E-state index in [2.05, 4.69) is 45.5 Å². The third-order valence-electron chi connectivity index (χ3n) is 2.07. The van der Waals surface area contributed by atoms with E-state index in [1.165, 1.54) is 12.4 Å². The highest BCUT2D eigenvalue weighted by Crippen LogP contribution is 2.21. The molecule has 0 unspecified atom stereocenters. The second-order valence-electron chi connectivity index (χ2n) is 3.76. The summed E-state index contributed by atoms with van der Waals surface area (Å²) in [6.07, 6.45) is 2.81. The lowest BCUT2D eigenvalue weighted by Gasteiger charge is -2.05. The predicted octanol–water partition coefficient (Wildman–Crippen LogP) is 0.0348. The van der Waals surface area contributed by atoms with Crippen LogP contribution in [0.5, 0.6) is 5.75 Å². The number of thiocarbonyl (C=S) groups is 2. The molecule has 0 saturated carbocycles. The lowest BCUT2D eigenvalue weighted by Crippen LogP contribution is -2.24. The van der Waals surface area contributed by atoms with Gasteiger partial charge in [-0.1, -0.05) is 0 Å². The molecule has 7 N–H and O–H groups in total. The number of aromatic hydroxyl groups is 1. The fraction of sp³-hybridized carbons (Fsp3) is 0.0909. The maximum absolute atomic E-state index is 10.1. The van der Waals surface area contributed by atoms with Crippen molar-refractivity contribution in [3.05, 3.63) is 28.8 Å². The number of benzene rings is 1. The van der Waals surface area contributed by atoms with E-state index < -0.39 is 0 Å². The van der Waals surface area contributed by atoms with Gasteiger partial charge in [0.1, 0.15) is 5.75 Å². The summed E-state index contributed by atoms with van der Waals surface area (Å²) in [6, 6.07) is 3.50. The standard InChI is InChI=1S/C11H14N6OS2/c1-6-2-7(4-14-16-10(12)19)9(18)8(3-6)5-15-17-11(13)20/h2-5,18H,1H3,(H3,12,16,19)(H3,13,17,20)/b14-4+,15-5?. The molecule has 106 valence electrons. The summed E-state index contributed by atoms with van der Waals surface area (Å²) in [5.74, 6) is 0.0116. The number of phenols is 1. The lowest BCUT2D eigenvalue weighted by atomic mass is 10.1. The van der Waals surface area contributed by atoms with Crippen LogP contribution in [0.1, 0.15) is 16.7 Å². The molecule has 0 saturated heterocycles. The van der Waals surface area contributed by atoms with Crippen molar-refractivity contribution in [3.63, 3.8) is 0 Å². The molecule has 0 atom stereocenters. The van der Waals surface area contributed by atoms with Gasteiger partial charge >= 0.3 is 0 Å². The van der Waals surface area contributed by atoms with Crippen molar-refractivity contribution in [2.45, 2.75) is 6.92 Å². The molecule has 1 rings (SSSR count). The van der Waals surface area contributed by atoms with Crippen molar-refractivity contribution < 1.29 is 5.11 Å². The van der Waals surface area contributed by atoms with E-state index in [4.69, 9.17) is 11.5 Å². The SMILES string of the molecule is Cc1cc(C=NNC(N)=S)c(O)c(/C=N/NC(N)=S)c1. The van der Waals surface area contributed by atoms with Crippen LogP contribution in [0.4, 0.5) is 0 Å². The van der Waals surface area contributed by atoms with Crippen LogP contribution in [0.15, 0.2) is 22.3 Å². The van der Waals surface area contributed by atoms with E-state index in [-0.39, 0.29) is 16.0 Å². The van der Waals surface area contributed by atoms with Gasteiger partial charge in [0, 0.05) is 11.1 Å². The van der Waals surface area contributed by atoms with Gasteiger partial charge in [-0.05, 0) is 49.1 Å². The van der Waals surface area contributed by atoms with Gasteiger partial charge in [-0.2, -0.15) is 10.2 Å². The number of hydrogen-bond acceptors (Lipinski definition) is 5.